The highest BCUT2D eigenvalue weighted by atomic mass is 19.1. The molecule has 0 N–H and O–H groups in total. The van der Waals surface area contributed by atoms with Crippen molar-refractivity contribution in [1.82, 2.24) is 9.97 Å². The third kappa shape index (κ3) is 1.74. The van der Waals surface area contributed by atoms with Gasteiger partial charge in [0.25, 0.3) is 0 Å². The highest BCUT2D eigenvalue weighted by Crippen LogP contribution is 2.17. The summed E-state index contributed by atoms with van der Waals surface area (Å²) >= 11 is 0. The molecule has 1 aromatic heterocycles. The standard InChI is InChI=1S/C8H9F2N3/c9-6-5-7(12-8(10)11-6)13-3-1-2-4-13/h5H,1-4H2. The van der Waals surface area contributed by atoms with E-state index in [-0.39, 0.29) is 0 Å². The van der Waals surface area contributed by atoms with Crippen molar-refractivity contribution < 1.29 is 8.78 Å². The van der Waals surface area contributed by atoms with Gasteiger partial charge in [0.05, 0.1) is 0 Å². The van der Waals surface area contributed by atoms with Crippen LogP contribution in [0.3, 0.4) is 0 Å². The number of halogens is 2. The molecule has 0 radical (unpaired) electrons. The monoisotopic (exact) mass is 185 g/mol. The summed E-state index contributed by atoms with van der Waals surface area (Å²) in [6, 6.07) is 1.16. The summed E-state index contributed by atoms with van der Waals surface area (Å²) < 4.78 is 25.3. The Hall–Kier alpha value is -1.26. The van der Waals surface area contributed by atoms with E-state index in [4.69, 9.17) is 0 Å². The van der Waals surface area contributed by atoms with Crippen LogP contribution in [0.4, 0.5) is 14.6 Å². The average Bonchev–Trinajstić information content (AvgIpc) is 2.53. The first kappa shape index (κ1) is 8.34. The van der Waals surface area contributed by atoms with Gasteiger partial charge in [0.2, 0.25) is 5.95 Å². The van der Waals surface area contributed by atoms with Gasteiger partial charge in [-0.3, -0.25) is 0 Å². The van der Waals surface area contributed by atoms with E-state index < -0.39 is 12.0 Å². The first-order valence-electron chi connectivity index (χ1n) is 4.21. The van der Waals surface area contributed by atoms with Crippen LogP contribution in [-0.2, 0) is 0 Å². The molecule has 13 heavy (non-hydrogen) atoms. The van der Waals surface area contributed by atoms with Crippen LogP contribution in [0.15, 0.2) is 6.07 Å². The molecule has 0 saturated carbocycles. The molecule has 0 unspecified atom stereocenters. The van der Waals surface area contributed by atoms with Crippen LogP contribution >= 0.6 is 0 Å². The molecule has 1 fully saturated rings. The predicted octanol–water partition coefficient (Wildman–Crippen LogP) is 1.35. The Bertz CT molecular complexity index is 290. The van der Waals surface area contributed by atoms with Crippen LogP contribution in [0.25, 0.3) is 0 Å². The Kier molecular flexibility index (Phi) is 2.08. The van der Waals surface area contributed by atoms with Gasteiger partial charge in [-0.25, -0.2) is 0 Å². The second-order valence-electron chi connectivity index (χ2n) is 3.01. The van der Waals surface area contributed by atoms with Gasteiger partial charge >= 0.3 is 6.08 Å². The normalized spacial score (nSPS) is 16.6. The van der Waals surface area contributed by atoms with Crippen molar-refractivity contribution in [1.29, 1.82) is 0 Å². The Morgan fingerprint density at radius 2 is 1.85 bits per heavy atom. The fraction of sp³-hybridized carbons (Fsp3) is 0.500. The summed E-state index contributed by atoms with van der Waals surface area (Å²) in [6.07, 6.45) is 1.10. The van der Waals surface area contributed by atoms with E-state index in [1.54, 1.807) is 0 Å². The number of rotatable bonds is 1. The van der Waals surface area contributed by atoms with Crippen molar-refractivity contribution in [2.75, 3.05) is 18.0 Å². The van der Waals surface area contributed by atoms with Crippen LogP contribution in [0.2, 0.25) is 0 Å². The van der Waals surface area contributed by atoms with Crippen LogP contribution in [0, 0.1) is 12.0 Å². The van der Waals surface area contributed by atoms with Crippen LogP contribution < -0.4 is 4.90 Å². The van der Waals surface area contributed by atoms with E-state index in [1.807, 2.05) is 4.90 Å². The van der Waals surface area contributed by atoms with E-state index in [0.717, 1.165) is 32.0 Å². The molecule has 1 saturated heterocycles. The van der Waals surface area contributed by atoms with Crippen LogP contribution in [-0.4, -0.2) is 23.1 Å². The summed E-state index contributed by atoms with van der Waals surface area (Å²) in [4.78, 5) is 8.31. The molecule has 0 aliphatic carbocycles. The van der Waals surface area contributed by atoms with Crippen LogP contribution in [0.5, 0.6) is 0 Å². The van der Waals surface area contributed by atoms with Crippen molar-refractivity contribution in [3.05, 3.63) is 18.1 Å². The van der Waals surface area contributed by atoms with Crippen molar-refractivity contribution in [2.45, 2.75) is 12.8 Å². The Morgan fingerprint density at radius 1 is 1.15 bits per heavy atom. The third-order valence-corrected chi connectivity index (χ3v) is 2.08. The molecule has 0 bridgehead atoms. The van der Waals surface area contributed by atoms with Crippen molar-refractivity contribution >= 4 is 5.82 Å². The fourth-order valence-electron chi connectivity index (χ4n) is 1.49. The molecular weight excluding hydrogens is 176 g/mol. The molecule has 3 nitrogen and oxygen atoms in total. The second kappa shape index (κ2) is 3.24. The van der Waals surface area contributed by atoms with E-state index in [2.05, 4.69) is 9.97 Å². The van der Waals surface area contributed by atoms with E-state index >= 15 is 0 Å². The molecule has 0 spiro atoms. The highest BCUT2D eigenvalue weighted by Gasteiger charge is 2.15. The molecule has 0 atom stereocenters. The van der Waals surface area contributed by atoms with Crippen molar-refractivity contribution in [3.8, 4) is 0 Å². The molecule has 0 amide bonds. The first-order chi connectivity index (χ1) is 6.25. The maximum absolute atomic E-state index is 12.7. The summed E-state index contributed by atoms with van der Waals surface area (Å²) in [7, 11) is 0. The van der Waals surface area contributed by atoms with E-state index in [9.17, 15) is 8.78 Å². The molecule has 1 aromatic rings. The molecular formula is C8H9F2N3. The largest absolute Gasteiger partial charge is 0.356 e. The molecule has 5 heteroatoms. The first-order valence-corrected chi connectivity index (χ1v) is 4.21. The lowest BCUT2D eigenvalue weighted by Gasteiger charge is -2.15. The van der Waals surface area contributed by atoms with E-state index in [1.165, 1.54) is 0 Å². The molecule has 70 valence electrons. The zero-order chi connectivity index (χ0) is 9.26. The lowest BCUT2D eigenvalue weighted by Crippen LogP contribution is -2.20. The predicted molar refractivity (Wildman–Crippen MR) is 43.4 cm³/mol. The minimum atomic E-state index is -0.998. The van der Waals surface area contributed by atoms with Gasteiger partial charge in [0.15, 0.2) is 0 Å². The molecule has 1 aliphatic rings. The quantitative estimate of drug-likeness (QED) is 0.488. The molecule has 2 heterocycles. The van der Waals surface area contributed by atoms with Gasteiger partial charge < -0.3 is 4.90 Å². The molecule has 2 rings (SSSR count). The van der Waals surface area contributed by atoms with Gasteiger partial charge in [0.1, 0.15) is 5.82 Å². The van der Waals surface area contributed by atoms with Gasteiger partial charge in [-0.05, 0) is 12.8 Å². The lowest BCUT2D eigenvalue weighted by molar-refractivity contribution is 0.482. The van der Waals surface area contributed by atoms with Gasteiger partial charge in [0, 0.05) is 19.2 Å². The number of hydrogen-bond donors (Lipinski definition) is 0. The van der Waals surface area contributed by atoms with Gasteiger partial charge in [-0.1, -0.05) is 0 Å². The third-order valence-electron chi connectivity index (χ3n) is 2.08. The zero-order valence-corrected chi connectivity index (χ0v) is 7.00. The Balaban J connectivity index is 2.28. The number of hydrogen-bond acceptors (Lipinski definition) is 3. The minimum absolute atomic E-state index is 0.350. The summed E-state index contributed by atoms with van der Waals surface area (Å²) in [5.74, 6) is -0.461. The summed E-state index contributed by atoms with van der Waals surface area (Å²) in [6.45, 7) is 1.63. The highest BCUT2D eigenvalue weighted by molar-refractivity contribution is 5.37. The molecule has 1 aliphatic heterocycles. The van der Waals surface area contributed by atoms with Crippen molar-refractivity contribution in [3.63, 3.8) is 0 Å². The second-order valence-corrected chi connectivity index (χ2v) is 3.01. The van der Waals surface area contributed by atoms with Gasteiger partial charge in [-0.2, -0.15) is 18.7 Å². The smallest absolute Gasteiger partial charge is 0.313 e. The van der Waals surface area contributed by atoms with E-state index in [0.29, 0.717) is 5.82 Å². The SMILES string of the molecule is Fc1cc(N2CCCC2)nc(F)n1. The van der Waals surface area contributed by atoms with Gasteiger partial charge in [-0.15, -0.1) is 0 Å². The lowest BCUT2D eigenvalue weighted by atomic mass is 10.4. The summed E-state index contributed by atoms with van der Waals surface area (Å²) in [5, 5.41) is 0. The maximum atomic E-state index is 12.7. The number of nitrogens with zero attached hydrogens (tertiary/aromatic N) is 3. The summed E-state index contributed by atoms with van der Waals surface area (Å²) in [5.41, 5.74) is 0. The molecule has 0 aromatic carbocycles. The maximum Gasteiger partial charge on any atom is 0.313 e. The number of anilines is 1. The van der Waals surface area contributed by atoms with Crippen LogP contribution in [0.1, 0.15) is 12.8 Å². The zero-order valence-electron chi connectivity index (χ0n) is 7.00. The fourth-order valence-corrected chi connectivity index (χ4v) is 1.49. The topological polar surface area (TPSA) is 29.0 Å². The Labute approximate surface area is 74.4 Å². The average molecular weight is 185 g/mol. The minimum Gasteiger partial charge on any atom is -0.356 e. The number of aromatic nitrogens is 2. The van der Waals surface area contributed by atoms with Crippen molar-refractivity contribution in [2.24, 2.45) is 0 Å². The Morgan fingerprint density at radius 3 is 2.46 bits per heavy atom.